The second kappa shape index (κ2) is 13.8. The zero-order valence-electron chi connectivity index (χ0n) is 26.2. The average molecular weight is 620 g/mol. The fourth-order valence-corrected chi connectivity index (χ4v) is 7.65. The van der Waals surface area contributed by atoms with Gasteiger partial charge in [0.15, 0.2) is 0 Å². The molecule has 2 aromatic carbocycles. The Morgan fingerprint density at radius 2 is 1.82 bits per heavy atom. The van der Waals surface area contributed by atoms with Crippen LogP contribution in [0.15, 0.2) is 47.6 Å². The molecule has 4 N–H and O–H groups in total. The maximum Gasteiger partial charge on any atom is 0.255 e. The Morgan fingerprint density at radius 3 is 2.53 bits per heavy atom. The van der Waals surface area contributed by atoms with Gasteiger partial charge >= 0.3 is 0 Å². The number of nitrogens with zero attached hydrogens (tertiary/aromatic N) is 4. The number of rotatable bonds is 10. The number of primary amides is 1. The van der Waals surface area contributed by atoms with Gasteiger partial charge in [-0.15, -0.1) is 0 Å². The minimum Gasteiger partial charge on any atom is -0.496 e. The van der Waals surface area contributed by atoms with E-state index in [-0.39, 0.29) is 23.9 Å². The fourth-order valence-electron chi connectivity index (χ4n) is 7.65. The van der Waals surface area contributed by atoms with Crippen LogP contribution in [0.2, 0.25) is 0 Å². The Hall–Kier alpha value is -3.54. The number of amides is 2. The molecule has 0 saturated carbocycles. The molecule has 3 saturated heterocycles. The van der Waals surface area contributed by atoms with Gasteiger partial charge in [0.05, 0.1) is 19.2 Å². The third kappa shape index (κ3) is 6.85. The molecule has 2 amide bonds. The summed E-state index contributed by atoms with van der Waals surface area (Å²) in [5.41, 5.74) is 6.54. The lowest BCUT2D eigenvalue weighted by Crippen LogP contribution is -2.52. The van der Waals surface area contributed by atoms with Crippen molar-refractivity contribution in [1.82, 2.24) is 25.4 Å². The maximum atomic E-state index is 13.9. The largest absolute Gasteiger partial charge is 0.496 e. The predicted molar refractivity (Wildman–Crippen MR) is 172 cm³/mol. The SMILES string of the molecule is COc1ccc(F)cc1C(=O)NCc1ccccc1C1(C(N)=O)C=NN(C2CCN(C3CCN(CC4CCNC4)CC3)CC2)C1. The Labute approximate surface area is 265 Å². The van der Waals surface area contributed by atoms with Crippen molar-refractivity contribution < 1.29 is 18.7 Å². The van der Waals surface area contributed by atoms with Crippen molar-refractivity contribution >= 4 is 18.0 Å². The number of methoxy groups -OCH3 is 1. The first-order valence-corrected chi connectivity index (χ1v) is 16.3. The van der Waals surface area contributed by atoms with Crippen molar-refractivity contribution in [3.05, 3.63) is 65.0 Å². The Kier molecular flexibility index (Phi) is 9.67. The molecule has 2 atom stereocenters. The lowest BCUT2D eigenvalue weighted by Gasteiger charge is -2.43. The van der Waals surface area contributed by atoms with E-state index in [0.29, 0.717) is 18.2 Å². The summed E-state index contributed by atoms with van der Waals surface area (Å²) < 4.78 is 19.1. The number of piperidine rings is 2. The average Bonchev–Trinajstić information content (AvgIpc) is 3.76. The first-order valence-electron chi connectivity index (χ1n) is 16.3. The molecular weight excluding hydrogens is 573 g/mol. The standard InChI is InChI=1S/C34H46FN7O3/c1-45-31-7-6-26(35)18-29(31)32(43)38-20-25-4-2-3-5-30(25)34(33(36)44)22-39-42(23-34)28-11-16-41(17-12-28)27-9-14-40(15-10-27)21-24-8-13-37-19-24/h2-7,18,22,24,27-28,37H,8-17,19-21,23H2,1H3,(H2,36,44)(H,38,43). The number of carbonyl (C=O) groups excluding carboxylic acids is 2. The second-order valence-electron chi connectivity index (χ2n) is 13.0. The molecule has 0 spiro atoms. The van der Waals surface area contributed by atoms with Crippen LogP contribution >= 0.6 is 0 Å². The monoisotopic (exact) mass is 619 g/mol. The summed E-state index contributed by atoms with van der Waals surface area (Å²) in [4.78, 5) is 31.4. The maximum absolute atomic E-state index is 13.9. The van der Waals surface area contributed by atoms with Gasteiger partial charge in [-0.05, 0) is 93.5 Å². The molecule has 4 aliphatic rings. The first-order chi connectivity index (χ1) is 21.9. The lowest BCUT2D eigenvalue weighted by molar-refractivity contribution is -0.121. The van der Waals surface area contributed by atoms with Crippen molar-refractivity contribution in [2.45, 2.75) is 56.1 Å². The molecule has 45 heavy (non-hydrogen) atoms. The Balaban J connectivity index is 1.06. The van der Waals surface area contributed by atoms with Gasteiger partial charge in [-0.3, -0.25) is 14.6 Å². The highest BCUT2D eigenvalue weighted by atomic mass is 19.1. The van der Waals surface area contributed by atoms with Crippen molar-refractivity contribution in [2.75, 3.05) is 59.5 Å². The van der Waals surface area contributed by atoms with E-state index in [4.69, 9.17) is 15.6 Å². The normalized spacial score (nSPS) is 25.1. The molecule has 3 fully saturated rings. The number of nitrogens with one attached hydrogen (secondary N) is 2. The summed E-state index contributed by atoms with van der Waals surface area (Å²) in [5.74, 6) is -0.389. The lowest BCUT2D eigenvalue weighted by atomic mass is 9.78. The Bertz CT molecular complexity index is 1380. The molecule has 4 aliphatic heterocycles. The number of halogens is 1. The third-order valence-electron chi connectivity index (χ3n) is 10.3. The minimum atomic E-state index is -1.11. The van der Waals surface area contributed by atoms with Crippen LogP contribution in [0.3, 0.4) is 0 Å². The molecule has 0 radical (unpaired) electrons. The van der Waals surface area contributed by atoms with Gasteiger partial charge in [0.2, 0.25) is 5.91 Å². The van der Waals surface area contributed by atoms with E-state index in [1.807, 2.05) is 29.3 Å². The van der Waals surface area contributed by atoms with E-state index < -0.39 is 23.0 Å². The van der Waals surface area contributed by atoms with Crippen molar-refractivity contribution in [3.63, 3.8) is 0 Å². The molecule has 2 unspecified atom stereocenters. The Morgan fingerprint density at radius 1 is 1.07 bits per heavy atom. The smallest absolute Gasteiger partial charge is 0.255 e. The zero-order valence-corrected chi connectivity index (χ0v) is 26.2. The van der Waals surface area contributed by atoms with Crippen LogP contribution in [0.1, 0.15) is 53.6 Å². The molecule has 4 heterocycles. The summed E-state index contributed by atoms with van der Waals surface area (Å²) >= 11 is 0. The number of nitrogens with two attached hydrogens (primary N) is 1. The predicted octanol–water partition coefficient (Wildman–Crippen LogP) is 2.33. The van der Waals surface area contributed by atoms with Gasteiger partial charge in [0.1, 0.15) is 17.0 Å². The number of ether oxygens (including phenoxy) is 1. The molecule has 0 aromatic heterocycles. The van der Waals surface area contributed by atoms with Gasteiger partial charge in [0, 0.05) is 44.5 Å². The quantitative estimate of drug-likeness (QED) is 0.374. The summed E-state index contributed by atoms with van der Waals surface area (Å²) in [5, 5.41) is 13.2. The molecule has 10 nitrogen and oxygen atoms in total. The fraction of sp³-hybridized carbons (Fsp3) is 0.559. The van der Waals surface area contributed by atoms with E-state index in [2.05, 4.69) is 20.4 Å². The number of hydrogen-bond acceptors (Lipinski definition) is 8. The summed E-state index contributed by atoms with van der Waals surface area (Å²) in [7, 11) is 1.43. The van der Waals surface area contributed by atoms with Crippen LogP contribution in [-0.2, 0) is 16.8 Å². The highest BCUT2D eigenvalue weighted by Gasteiger charge is 2.46. The van der Waals surface area contributed by atoms with E-state index in [1.165, 1.54) is 58.1 Å². The van der Waals surface area contributed by atoms with Crippen LogP contribution in [0.4, 0.5) is 4.39 Å². The van der Waals surface area contributed by atoms with Crippen molar-refractivity contribution in [3.8, 4) is 5.75 Å². The highest BCUT2D eigenvalue weighted by molar-refractivity contribution is 6.05. The molecule has 2 aromatic rings. The topological polar surface area (TPSA) is 116 Å². The third-order valence-corrected chi connectivity index (χ3v) is 10.3. The molecule has 242 valence electrons. The minimum absolute atomic E-state index is 0.103. The van der Waals surface area contributed by atoms with Gasteiger partial charge in [-0.2, -0.15) is 5.10 Å². The number of hydrogen-bond donors (Lipinski definition) is 3. The summed E-state index contributed by atoms with van der Waals surface area (Å²) in [6, 6.07) is 12.2. The van der Waals surface area contributed by atoms with Crippen LogP contribution < -0.4 is 21.1 Å². The van der Waals surface area contributed by atoms with Crippen molar-refractivity contribution in [1.29, 1.82) is 0 Å². The van der Waals surface area contributed by atoms with Gasteiger partial charge in [-0.25, -0.2) is 4.39 Å². The molecule has 0 aliphatic carbocycles. The highest BCUT2D eigenvalue weighted by Crippen LogP contribution is 2.34. The van der Waals surface area contributed by atoms with Crippen LogP contribution in [0, 0.1) is 11.7 Å². The van der Waals surface area contributed by atoms with Gasteiger partial charge < -0.3 is 30.9 Å². The zero-order chi connectivity index (χ0) is 31.4. The number of hydrazone groups is 1. The molecule has 0 bridgehead atoms. The van der Waals surface area contributed by atoms with E-state index in [0.717, 1.165) is 56.6 Å². The number of benzene rings is 2. The molecule has 11 heteroatoms. The second-order valence-corrected chi connectivity index (χ2v) is 13.0. The molecule has 6 rings (SSSR count). The van der Waals surface area contributed by atoms with Gasteiger partial charge in [0.25, 0.3) is 5.91 Å². The number of likely N-dealkylation sites (tertiary alicyclic amines) is 2. The molecular formula is C34H46FN7O3. The van der Waals surface area contributed by atoms with Crippen molar-refractivity contribution in [2.24, 2.45) is 16.8 Å². The van der Waals surface area contributed by atoms with Gasteiger partial charge in [-0.1, -0.05) is 24.3 Å². The van der Waals surface area contributed by atoms with E-state index in [1.54, 1.807) is 6.21 Å². The van der Waals surface area contributed by atoms with E-state index in [9.17, 15) is 14.0 Å². The summed E-state index contributed by atoms with van der Waals surface area (Å²) in [6.07, 6.45) is 7.44. The van der Waals surface area contributed by atoms with Crippen LogP contribution in [0.25, 0.3) is 0 Å². The van der Waals surface area contributed by atoms with Crippen LogP contribution in [-0.4, -0.2) is 104 Å². The first kappa shape index (κ1) is 31.4. The van der Waals surface area contributed by atoms with E-state index >= 15 is 0 Å². The number of carbonyl (C=O) groups is 2. The summed E-state index contributed by atoms with van der Waals surface area (Å²) in [6.45, 7) is 8.49. The van der Waals surface area contributed by atoms with Crippen LogP contribution in [0.5, 0.6) is 5.75 Å².